The highest BCUT2D eigenvalue weighted by molar-refractivity contribution is 9.10. The van der Waals surface area contributed by atoms with E-state index >= 15 is 0 Å². The summed E-state index contributed by atoms with van der Waals surface area (Å²) in [5.74, 6) is -2.25. The lowest BCUT2D eigenvalue weighted by Crippen LogP contribution is -2.15. The van der Waals surface area contributed by atoms with Gasteiger partial charge in [0.15, 0.2) is 12.4 Å². The third kappa shape index (κ3) is 4.13. The molecule has 0 heterocycles. The van der Waals surface area contributed by atoms with Crippen LogP contribution in [0.2, 0.25) is 0 Å². The van der Waals surface area contributed by atoms with Crippen molar-refractivity contribution < 1.29 is 24.4 Å². The highest BCUT2D eigenvalue weighted by Gasteiger charge is 2.16. The Hall–Kier alpha value is -2.74. The molecule has 0 aliphatic heterocycles. The maximum absolute atomic E-state index is 11.9. The van der Waals surface area contributed by atoms with E-state index in [9.17, 15) is 24.8 Å². The first-order valence-corrected chi connectivity index (χ1v) is 7.09. The van der Waals surface area contributed by atoms with Gasteiger partial charge in [-0.25, -0.2) is 4.79 Å². The number of halogens is 1. The summed E-state index contributed by atoms with van der Waals surface area (Å²) >= 11 is 3.23. The lowest BCUT2D eigenvalue weighted by atomic mass is 10.1. The van der Waals surface area contributed by atoms with Gasteiger partial charge < -0.3 is 9.84 Å². The van der Waals surface area contributed by atoms with Crippen LogP contribution in [0, 0.1) is 10.1 Å². The van der Waals surface area contributed by atoms with Crippen LogP contribution in [0.1, 0.15) is 20.7 Å². The number of hydrogen-bond donors (Lipinski definition) is 0. The normalized spacial score (nSPS) is 10.1. The lowest BCUT2D eigenvalue weighted by Gasteiger charge is -2.12. The minimum absolute atomic E-state index is 0.336. The third-order valence-electron chi connectivity index (χ3n) is 2.89. The molecule has 0 amide bonds. The van der Waals surface area contributed by atoms with Gasteiger partial charge in [-0.2, -0.15) is 0 Å². The molecule has 0 aliphatic carbocycles. The molecular formula is C15H9BrNO6-. The zero-order valence-corrected chi connectivity index (χ0v) is 13.1. The third-order valence-corrected chi connectivity index (χ3v) is 3.42. The quantitative estimate of drug-likeness (QED) is 0.342. The van der Waals surface area contributed by atoms with Crippen molar-refractivity contribution in [1.82, 2.24) is 0 Å². The van der Waals surface area contributed by atoms with Crippen molar-refractivity contribution in [3.05, 3.63) is 68.2 Å². The molecule has 23 heavy (non-hydrogen) atoms. The fourth-order valence-corrected chi connectivity index (χ4v) is 1.98. The number of rotatable bonds is 5. The van der Waals surface area contributed by atoms with Crippen molar-refractivity contribution >= 4 is 33.4 Å². The van der Waals surface area contributed by atoms with Crippen molar-refractivity contribution in [3.8, 4) is 5.75 Å². The van der Waals surface area contributed by atoms with Gasteiger partial charge >= 0.3 is 5.97 Å². The summed E-state index contributed by atoms with van der Waals surface area (Å²) in [7, 11) is 0. The van der Waals surface area contributed by atoms with Gasteiger partial charge in [0.05, 0.1) is 10.5 Å². The Kier molecular flexibility index (Phi) is 5.07. The molecule has 0 bridgehead atoms. The van der Waals surface area contributed by atoms with Crippen molar-refractivity contribution in [1.29, 1.82) is 0 Å². The molecule has 0 fully saturated rings. The minimum Gasteiger partial charge on any atom is -0.872 e. The monoisotopic (exact) mass is 378 g/mol. The summed E-state index contributed by atoms with van der Waals surface area (Å²) in [6, 6.07) is 9.14. The fourth-order valence-electron chi connectivity index (χ4n) is 1.72. The highest BCUT2D eigenvalue weighted by Crippen LogP contribution is 2.21. The average Bonchev–Trinajstić information content (AvgIpc) is 2.53. The van der Waals surface area contributed by atoms with E-state index in [1.54, 1.807) is 24.3 Å². The Labute approximate surface area is 138 Å². The van der Waals surface area contributed by atoms with Gasteiger partial charge in [-0.1, -0.05) is 39.9 Å². The summed E-state index contributed by atoms with van der Waals surface area (Å²) < 4.78 is 5.56. The van der Waals surface area contributed by atoms with Crippen LogP contribution in [-0.2, 0) is 4.74 Å². The predicted molar refractivity (Wildman–Crippen MR) is 81.3 cm³/mol. The number of nitro groups is 1. The van der Waals surface area contributed by atoms with E-state index in [0.29, 0.717) is 5.56 Å². The van der Waals surface area contributed by atoms with Crippen molar-refractivity contribution in [2.24, 2.45) is 0 Å². The number of benzene rings is 2. The molecule has 0 spiro atoms. The number of non-ortho nitro benzene ring substituents is 1. The zero-order chi connectivity index (χ0) is 17.0. The summed E-state index contributed by atoms with van der Waals surface area (Å²) in [6.07, 6.45) is 0. The van der Waals surface area contributed by atoms with E-state index in [1.807, 2.05) is 0 Å². The van der Waals surface area contributed by atoms with Crippen LogP contribution in [0.5, 0.6) is 5.75 Å². The Balaban J connectivity index is 2.07. The van der Waals surface area contributed by atoms with Crippen molar-refractivity contribution in [3.63, 3.8) is 0 Å². The van der Waals surface area contributed by atoms with Crippen molar-refractivity contribution in [2.75, 3.05) is 6.61 Å². The van der Waals surface area contributed by atoms with E-state index in [0.717, 1.165) is 22.7 Å². The van der Waals surface area contributed by atoms with Crippen LogP contribution < -0.4 is 5.11 Å². The summed E-state index contributed by atoms with van der Waals surface area (Å²) in [6.45, 7) is -0.567. The van der Waals surface area contributed by atoms with Gasteiger partial charge in [-0.05, 0) is 12.1 Å². The molecule has 0 radical (unpaired) electrons. The Morgan fingerprint density at radius 1 is 1.13 bits per heavy atom. The van der Waals surface area contributed by atoms with Crippen molar-refractivity contribution in [2.45, 2.75) is 0 Å². The predicted octanol–water partition coefficient (Wildman–Crippen LogP) is 2.47. The second kappa shape index (κ2) is 7.01. The number of hydrogen-bond acceptors (Lipinski definition) is 6. The van der Waals surface area contributed by atoms with Gasteiger partial charge in [0.25, 0.3) is 5.69 Å². The molecule has 118 valence electrons. The van der Waals surface area contributed by atoms with Crippen LogP contribution in [0.3, 0.4) is 0 Å². The van der Waals surface area contributed by atoms with Crippen LogP contribution in [0.15, 0.2) is 46.9 Å². The van der Waals surface area contributed by atoms with Crippen LogP contribution >= 0.6 is 15.9 Å². The number of carbonyl (C=O) groups excluding carboxylic acids is 2. The molecule has 0 aliphatic rings. The first kappa shape index (κ1) is 16.6. The topological polar surface area (TPSA) is 110 Å². The van der Waals surface area contributed by atoms with E-state index in [4.69, 9.17) is 4.74 Å². The average molecular weight is 379 g/mol. The standard InChI is InChI=1S/C15H10BrNO6/c16-10-3-1-9(2-4-10)14(19)8-23-15(20)12-7-11(17(21)22)5-6-13(12)18/h1-7,18H,8H2/p-1. The molecule has 2 aromatic rings. The van der Waals surface area contributed by atoms with Crippen LogP contribution in [0.4, 0.5) is 5.69 Å². The number of carbonyl (C=O) groups is 2. The van der Waals surface area contributed by atoms with E-state index in [-0.39, 0.29) is 0 Å². The molecular weight excluding hydrogens is 370 g/mol. The SMILES string of the molecule is O=C(COC(=O)c1cc([N+](=O)[O-])ccc1[O-])c1ccc(Br)cc1. The van der Waals surface area contributed by atoms with E-state index < -0.39 is 40.3 Å². The maximum Gasteiger partial charge on any atom is 0.338 e. The molecule has 0 aromatic heterocycles. The Morgan fingerprint density at radius 2 is 1.78 bits per heavy atom. The fraction of sp³-hybridized carbons (Fsp3) is 0.0667. The van der Waals surface area contributed by atoms with Gasteiger partial charge in [0.2, 0.25) is 0 Å². The molecule has 0 unspecified atom stereocenters. The molecule has 2 rings (SSSR count). The second-order valence-corrected chi connectivity index (χ2v) is 5.36. The maximum atomic E-state index is 11.9. The molecule has 0 saturated heterocycles. The smallest absolute Gasteiger partial charge is 0.338 e. The minimum atomic E-state index is -1.08. The largest absolute Gasteiger partial charge is 0.872 e. The number of esters is 1. The second-order valence-electron chi connectivity index (χ2n) is 4.44. The number of Topliss-reactive ketones (excluding diaryl/α,β-unsaturated/α-hetero) is 1. The molecule has 7 nitrogen and oxygen atoms in total. The summed E-state index contributed by atoms with van der Waals surface area (Å²) in [5, 5.41) is 22.2. The number of ether oxygens (including phenoxy) is 1. The molecule has 8 heteroatoms. The molecule has 0 saturated carbocycles. The van der Waals surface area contributed by atoms with E-state index in [2.05, 4.69) is 15.9 Å². The summed E-state index contributed by atoms with van der Waals surface area (Å²) in [4.78, 5) is 33.6. The van der Waals surface area contributed by atoms with Gasteiger partial charge in [0, 0.05) is 22.2 Å². The Bertz CT molecular complexity index is 772. The van der Waals surface area contributed by atoms with Crippen LogP contribution in [-0.4, -0.2) is 23.3 Å². The molecule has 0 atom stereocenters. The van der Waals surface area contributed by atoms with Gasteiger partial charge in [0.1, 0.15) is 0 Å². The number of ketones is 1. The molecule has 2 aromatic carbocycles. The van der Waals surface area contributed by atoms with E-state index in [1.165, 1.54) is 0 Å². The number of nitro benzene ring substituents is 1. The van der Waals surface area contributed by atoms with Gasteiger partial charge in [-0.3, -0.25) is 14.9 Å². The van der Waals surface area contributed by atoms with Crippen LogP contribution in [0.25, 0.3) is 0 Å². The first-order valence-electron chi connectivity index (χ1n) is 6.30. The Morgan fingerprint density at radius 3 is 2.39 bits per heavy atom. The first-order chi connectivity index (χ1) is 10.9. The van der Waals surface area contributed by atoms with Gasteiger partial charge in [-0.15, -0.1) is 0 Å². The highest BCUT2D eigenvalue weighted by atomic mass is 79.9. The summed E-state index contributed by atoms with van der Waals surface area (Å²) in [5.41, 5.74) is -0.555. The zero-order valence-electron chi connectivity index (χ0n) is 11.5. The number of nitrogens with zero attached hydrogens (tertiary/aromatic N) is 1. The lowest BCUT2D eigenvalue weighted by molar-refractivity contribution is -0.385. The molecule has 0 N–H and O–H groups in total.